The minimum Gasteiger partial charge on any atom is -0.478 e. The van der Waals surface area contributed by atoms with Gasteiger partial charge in [0.1, 0.15) is 0 Å². The first-order valence-corrected chi connectivity index (χ1v) is 6.06. The summed E-state index contributed by atoms with van der Waals surface area (Å²) in [6.07, 6.45) is 1.20. The Hall–Kier alpha value is -2.96. The van der Waals surface area contributed by atoms with Crippen LogP contribution in [0.15, 0.2) is 41.3 Å². The molecule has 0 radical (unpaired) electrons. The van der Waals surface area contributed by atoms with Crippen molar-refractivity contribution in [3.05, 3.63) is 73.7 Å². The third kappa shape index (κ3) is 3.14. The van der Waals surface area contributed by atoms with E-state index in [0.717, 1.165) is 0 Å². The van der Waals surface area contributed by atoms with Crippen molar-refractivity contribution < 1.29 is 14.8 Å². The molecular weight excluding hydrogens is 276 g/mol. The Morgan fingerprint density at radius 2 is 1.95 bits per heavy atom. The third-order valence-electron chi connectivity index (χ3n) is 3.06. The molecule has 0 amide bonds. The van der Waals surface area contributed by atoms with Gasteiger partial charge in [0.15, 0.2) is 0 Å². The molecule has 21 heavy (non-hydrogen) atoms. The maximum atomic E-state index is 11.8. The highest BCUT2D eigenvalue weighted by Crippen LogP contribution is 2.15. The predicted octanol–water partition coefficient (Wildman–Crippen LogP) is 1.81. The normalized spacial score (nSPS) is 10.3. The Labute approximate surface area is 119 Å². The molecule has 7 heteroatoms. The van der Waals surface area contributed by atoms with Crippen LogP contribution in [0.5, 0.6) is 0 Å². The number of hydrogen-bond donors (Lipinski definition) is 1. The van der Waals surface area contributed by atoms with Crippen molar-refractivity contribution in [2.75, 3.05) is 0 Å². The van der Waals surface area contributed by atoms with E-state index >= 15 is 0 Å². The van der Waals surface area contributed by atoms with Gasteiger partial charge in [-0.05, 0) is 24.6 Å². The molecule has 0 saturated carbocycles. The van der Waals surface area contributed by atoms with Crippen molar-refractivity contribution in [3.63, 3.8) is 0 Å². The molecule has 0 spiro atoms. The smallest absolute Gasteiger partial charge is 0.335 e. The number of rotatable bonds is 4. The Morgan fingerprint density at radius 1 is 1.33 bits per heavy atom. The monoisotopic (exact) mass is 288 g/mol. The summed E-state index contributed by atoms with van der Waals surface area (Å²) in [6.45, 7) is 1.64. The Bertz CT molecular complexity index is 762. The summed E-state index contributed by atoms with van der Waals surface area (Å²) in [5, 5.41) is 19.7. The van der Waals surface area contributed by atoms with Crippen LogP contribution in [0.1, 0.15) is 21.5 Å². The van der Waals surface area contributed by atoms with E-state index < -0.39 is 10.9 Å². The first-order chi connectivity index (χ1) is 9.88. The van der Waals surface area contributed by atoms with E-state index in [2.05, 4.69) is 0 Å². The van der Waals surface area contributed by atoms with E-state index in [0.29, 0.717) is 11.1 Å². The SMILES string of the molecule is Cc1cc(=O)n(Cc2ccc(C(=O)O)cc2)cc1[N+](=O)[O-]. The predicted molar refractivity (Wildman–Crippen MR) is 74.6 cm³/mol. The molecule has 0 saturated heterocycles. The minimum atomic E-state index is -1.04. The highest BCUT2D eigenvalue weighted by atomic mass is 16.6. The molecule has 1 aromatic carbocycles. The largest absolute Gasteiger partial charge is 0.478 e. The molecule has 108 valence electrons. The number of aromatic nitrogens is 1. The number of carboxylic acid groups (broad SMARTS) is 1. The standard InChI is InChI=1S/C14H12N2O5/c1-9-6-13(17)15(8-12(9)16(20)21)7-10-2-4-11(5-3-10)14(18)19/h2-6,8H,7H2,1H3,(H,18,19). The Morgan fingerprint density at radius 3 is 2.48 bits per heavy atom. The lowest BCUT2D eigenvalue weighted by Gasteiger charge is -2.07. The van der Waals surface area contributed by atoms with Crippen LogP contribution in [0.25, 0.3) is 0 Å². The van der Waals surface area contributed by atoms with Crippen molar-refractivity contribution in [1.82, 2.24) is 4.57 Å². The topological polar surface area (TPSA) is 102 Å². The van der Waals surface area contributed by atoms with Gasteiger partial charge >= 0.3 is 5.97 Å². The number of aromatic carboxylic acids is 1. The number of carboxylic acids is 1. The highest BCUT2D eigenvalue weighted by Gasteiger charge is 2.13. The molecule has 2 aromatic rings. The van der Waals surface area contributed by atoms with Gasteiger partial charge in [0, 0.05) is 11.6 Å². The van der Waals surface area contributed by atoms with Crippen molar-refractivity contribution in [3.8, 4) is 0 Å². The molecule has 1 heterocycles. The van der Waals surface area contributed by atoms with Gasteiger partial charge in [0.25, 0.3) is 11.2 Å². The van der Waals surface area contributed by atoms with Crippen molar-refractivity contribution in [2.45, 2.75) is 13.5 Å². The van der Waals surface area contributed by atoms with Gasteiger partial charge in [-0.3, -0.25) is 14.9 Å². The second-order valence-corrected chi connectivity index (χ2v) is 4.57. The average Bonchev–Trinajstić information content (AvgIpc) is 2.42. The maximum Gasteiger partial charge on any atom is 0.335 e. The summed E-state index contributed by atoms with van der Waals surface area (Å²) < 4.78 is 1.22. The van der Waals surface area contributed by atoms with Gasteiger partial charge in [-0.25, -0.2) is 4.79 Å². The summed E-state index contributed by atoms with van der Waals surface area (Å²) in [6, 6.07) is 7.20. The summed E-state index contributed by atoms with van der Waals surface area (Å²) in [5.41, 5.74) is 0.654. The Balaban J connectivity index is 2.35. The van der Waals surface area contributed by atoms with Crippen LogP contribution in [0.3, 0.4) is 0 Å². The van der Waals surface area contributed by atoms with E-state index in [1.165, 1.54) is 35.9 Å². The molecular formula is C14H12N2O5. The molecule has 0 atom stereocenters. The van der Waals surface area contributed by atoms with Gasteiger partial charge in [0.05, 0.1) is 23.2 Å². The zero-order valence-corrected chi connectivity index (χ0v) is 11.1. The van der Waals surface area contributed by atoms with Crippen LogP contribution in [-0.2, 0) is 6.54 Å². The third-order valence-corrected chi connectivity index (χ3v) is 3.06. The van der Waals surface area contributed by atoms with Gasteiger partial charge in [-0.2, -0.15) is 0 Å². The molecule has 7 nitrogen and oxygen atoms in total. The molecule has 0 aliphatic carbocycles. The summed E-state index contributed by atoms with van der Waals surface area (Å²) in [7, 11) is 0. The van der Waals surface area contributed by atoms with Crippen LogP contribution in [-0.4, -0.2) is 20.6 Å². The fourth-order valence-corrected chi connectivity index (χ4v) is 1.92. The van der Waals surface area contributed by atoms with Gasteiger partial charge in [-0.1, -0.05) is 12.1 Å². The van der Waals surface area contributed by atoms with E-state index in [1.807, 2.05) is 0 Å². The number of carbonyl (C=O) groups is 1. The van der Waals surface area contributed by atoms with Crippen LogP contribution < -0.4 is 5.56 Å². The molecule has 0 fully saturated rings. The molecule has 0 aliphatic heterocycles. The second-order valence-electron chi connectivity index (χ2n) is 4.57. The number of nitrogens with zero attached hydrogens (tertiary/aromatic N) is 2. The van der Waals surface area contributed by atoms with Crippen LogP contribution in [0.2, 0.25) is 0 Å². The number of aryl methyl sites for hydroxylation is 1. The van der Waals surface area contributed by atoms with E-state index in [1.54, 1.807) is 12.1 Å². The first kappa shape index (κ1) is 14.4. The van der Waals surface area contributed by atoms with Crippen molar-refractivity contribution in [2.24, 2.45) is 0 Å². The molecule has 0 unspecified atom stereocenters. The molecule has 0 aliphatic rings. The lowest BCUT2D eigenvalue weighted by Crippen LogP contribution is -2.20. The molecule has 1 N–H and O–H groups in total. The van der Waals surface area contributed by atoms with Crippen LogP contribution in [0.4, 0.5) is 5.69 Å². The minimum absolute atomic E-state index is 0.128. The number of pyridine rings is 1. The van der Waals surface area contributed by atoms with E-state index in [-0.39, 0.29) is 23.4 Å². The van der Waals surface area contributed by atoms with Gasteiger partial charge in [0.2, 0.25) is 0 Å². The number of benzene rings is 1. The van der Waals surface area contributed by atoms with Crippen LogP contribution in [0, 0.1) is 17.0 Å². The molecule has 1 aromatic heterocycles. The average molecular weight is 288 g/mol. The second kappa shape index (κ2) is 5.58. The van der Waals surface area contributed by atoms with Crippen LogP contribution >= 0.6 is 0 Å². The lowest BCUT2D eigenvalue weighted by molar-refractivity contribution is -0.385. The zero-order valence-electron chi connectivity index (χ0n) is 11.1. The quantitative estimate of drug-likeness (QED) is 0.682. The van der Waals surface area contributed by atoms with Gasteiger partial charge < -0.3 is 9.67 Å². The fraction of sp³-hybridized carbons (Fsp3) is 0.143. The fourth-order valence-electron chi connectivity index (χ4n) is 1.92. The summed E-state index contributed by atoms with van der Waals surface area (Å²) >= 11 is 0. The summed E-state index contributed by atoms with van der Waals surface area (Å²) in [4.78, 5) is 32.9. The maximum absolute atomic E-state index is 11.8. The van der Waals surface area contributed by atoms with E-state index in [4.69, 9.17) is 5.11 Å². The number of hydrogen-bond acceptors (Lipinski definition) is 4. The van der Waals surface area contributed by atoms with E-state index in [9.17, 15) is 19.7 Å². The number of nitro groups is 1. The zero-order chi connectivity index (χ0) is 15.6. The van der Waals surface area contributed by atoms with Crippen molar-refractivity contribution >= 4 is 11.7 Å². The highest BCUT2D eigenvalue weighted by molar-refractivity contribution is 5.87. The molecule has 0 bridgehead atoms. The molecule has 2 rings (SSSR count). The Kier molecular flexibility index (Phi) is 3.84. The first-order valence-electron chi connectivity index (χ1n) is 6.06. The van der Waals surface area contributed by atoms with Crippen molar-refractivity contribution in [1.29, 1.82) is 0 Å². The van der Waals surface area contributed by atoms with Gasteiger partial charge in [-0.15, -0.1) is 0 Å². The lowest BCUT2D eigenvalue weighted by atomic mass is 10.1. The summed E-state index contributed by atoms with van der Waals surface area (Å²) in [5.74, 6) is -1.04.